The zero-order valence-electron chi connectivity index (χ0n) is 15.1. The molecule has 142 valence electrons. The largest absolute Gasteiger partial charge is 0.445 e. The highest BCUT2D eigenvalue weighted by Crippen LogP contribution is 2.30. The van der Waals surface area contributed by atoms with Crippen molar-refractivity contribution in [1.82, 2.24) is 4.98 Å². The van der Waals surface area contributed by atoms with E-state index in [-0.39, 0.29) is 5.91 Å². The first kappa shape index (κ1) is 18.8. The number of fused-ring (bicyclic) bond motifs is 1. The highest BCUT2D eigenvalue weighted by molar-refractivity contribution is 9.10. The Hall–Kier alpha value is -2.51. The van der Waals surface area contributed by atoms with Crippen molar-refractivity contribution >= 4 is 44.3 Å². The number of hydrogen-bond donors (Lipinski definition) is 1. The topological polar surface area (TPSA) is 68.3 Å². The molecule has 0 fully saturated rings. The van der Waals surface area contributed by atoms with E-state index < -0.39 is 11.6 Å². The molecule has 0 saturated heterocycles. The standard InChI is InChI=1S/C21H17BrN2O3S/c1-21(11-14-4-2-3-5-17(14)18(25)27-21)19(26)24-20-23-12-16(28-20)10-13-6-8-15(22)9-7-13/h2-9,12H,10-11H2,1H3,(H,23,24,26). The van der Waals surface area contributed by atoms with E-state index in [2.05, 4.69) is 26.2 Å². The third-order valence-electron chi connectivity index (χ3n) is 4.63. The Morgan fingerprint density at radius 3 is 2.79 bits per heavy atom. The molecule has 1 N–H and O–H groups in total. The van der Waals surface area contributed by atoms with Crippen molar-refractivity contribution in [2.24, 2.45) is 0 Å². The zero-order valence-corrected chi connectivity index (χ0v) is 17.5. The monoisotopic (exact) mass is 456 g/mol. The second kappa shape index (κ2) is 7.48. The van der Waals surface area contributed by atoms with E-state index >= 15 is 0 Å². The van der Waals surface area contributed by atoms with Crippen LogP contribution in [0.2, 0.25) is 0 Å². The molecule has 7 heteroatoms. The van der Waals surface area contributed by atoms with Crippen LogP contribution in [0, 0.1) is 0 Å². The number of benzene rings is 2. The van der Waals surface area contributed by atoms with Crippen LogP contribution >= 0.6 is 27.3 Å². The number of nitrogens with one attached hydrogen (secondary N) is 1. The van der Waals surface area contributed by atoms with Crippen LogP contribution in [0.5, 0.6) is 0 Å². The number of ether oxygens (including phenoxy) is 1. The fraction of sp³-hybridized carbons (Fsp3) is 0.190. The van der Waals surface area contributed by atoms with Gasteiger partial charge in [-0.25, -0.2) is 9.78 Å². The molecular weight excluding hydrogens is 440 g/mol. The van der Waals surface area contributed by atoms with Gasteiger partial charge in [-0.3, -0.25) is 10.1 Å². The van der Waals surface area contributed by atoms with Crippen LogP contribution in [-0.2, 0) is 22.4 Å². The van der Waals surface area contributed by atoms with Gasteiger partial charge in [-0.2, -0.15) is 0 Å². The van der Waals surface area contributed by atoms with Gasteiger partial charge in [0.05, 0.1) is 5.56 Å². The van der Waals surface area contributed by atoms with Crippen LogP contribution in [0.4, 0.5) is 5.13 Å². The number of hydrogen-bond acceptors (Lipinski definition) is 5. The van der Waals surface area contributed by atoms with Gasteiger partial charge in [0, 0.05) is 28.4 Å². The number of carbonyl (C=O) groups is 2. The molecule has 1 aromatic heterocycles. The molecule has 1 unspecified atom stereocenters. The van der Waals surface area contributed by atoms with E-state index in [9.17, 15) is 9.59 Å². The number of esters is 1. The fourth-order valence-corrected chi connectivity index (χ4v) is 4.25. The van der Waals surface area contributed by atoms with Crippen LogP contribution < -0.4 is 5.32 Å². The lowest BCUT2D eigenvalue weighted by Gasteiger charge is -2.32. The number of amides is 1. The summed E-state index contributed by atoms with van der Waals surface area (Å²) < 4.78 is 6.50. The minimum Gasteiger partial charge on any atom is -0.445 e. The average Bonchev–Trinajstić information content (AvgIpc) is 3.10. The molecule has 3 aromatic rings. The van der Waals surface area contributed by atoms with Gasteiger partial charge in [-0.05, 0) is 36.2 Å². The summed E-state index contributed by atoms with van der Waals surface area (Å²) in [6.45, 7) is 1.63. The van der Waals surface area contributed by atoms with E-state index in [1.807, 2.05) is 36.4 Å². The van der Waals surface area contributed by atoms with E-state index in [1.165, 1.54) is 11.3 Å². The number of halogens is 1. The Morgan fingerprint density at radius 2 is 2.00 bits per heavy atom. The van der Waals surface area contributed by atoms with Gasteiger partial charge in [-0.15, -0.1) is 11.3 Å². The molecule has 28 heavy (non-hydrogen) atoms. The normalized spacial score (nSPS) is 18.3. The average molecular weight is 457 g/mol. The lowest BCUT2D eigenvalue weighted by Crippen LogP contribution is -2.48. The number of carbonyl (C=O) groups excluding carboxylic acids is 2. The van der Waals surface area contributed by atoms with Crippen molar-refractivity contribution in [3.8, 4) is 0 Å². The number of aromatic nitrogens is 1. The summed E-state index contributed by atoms with van der Waals surface area (Å²) in [4.78, 5) is 30.4. The van der Waals surface area contributed by atoms with Crippen molar-refractivity contribution in [1.29, 1.82) is 0 Å². The first-order valence-electron chi connectivity index (χ1n) is 8.75. The van der Waals surface area contributed by atoms with Crippen LogP contribution in [0.1, 0.15) is 33.3 Å². The van der Waals surface area contributed by atoms with Crippen LogP contribution in [0.3, 0.4) is 0 Å². The second-order valence-electron chi connectivity index (χ2n) is 6.84. The third kappa shape index (κ3) is 3.86. The summed E-state index contributed by atoms with van der Waals surface area (Å²) in [5, 5.41) is 3.30. The van der Waals surface area contributed by atoms with E-state index in [4.69, 9.17) is 4.74 Å². The van der Waals surface area contributed by atoms with Crippen LogP contribution in [-0.4, -0.2) is 22.5 Å². The molecular formula is C21H17BrN2O3S. The van der Waals surface area contributed by atoms with Crippen LogP contribution in [0.15, 0.2) is 59.2 Å². The second-order valence-corrected chi connectivity index (χ2v) is 8.87. The molecule has 0 aliphatic carbocycles. The smallest absolute Gasteiger partial charge is 0.339 e. The fourth-order valence-electron chi connectivity index (χ4n) is 3.14. The number of nitrogens with zero attached hydrogens (tertiary/aromatic N) is 1. The molecule has 1 aliphatic rings. The predicted molar refractivity (Wildman–Crippen MR) is 112 cm³/mol. The Balaban J connectivity index is 1.46. The molecule has 1 amide bonds. The summed E-state index contributed by atoms with van der Waals surface area (Å²) in [5.74, 6) is -0.852. The first-order valence-corrected chi connectivity index (χ1v) is 10.4. The Labute approximate surface area is 174 Å². The highest BCUT2D eigenvalue weighted by Gasteiger charge is 2.42. The Morgan fingerprint density at radius 1 is 1.25 bits per heavy atom. The zero-order chi connectivity index (χ0) is 19.7. The summed E-state index contributed by atoms with van der Waals surface area (Å²) in [7, 11) is 0. The number of anilines is 1. The summed E-state index contributed by atoms with van der Waals surface area (Å²) in [6, 6.07) is 15.3. The SMILES string of the molecule is CC1(C(=O)Nc2ncc(Cc3ccc(Br)cc3)s2)Cc2ccccc2C(=O)O1. The van der Waals surface area contributed by atoms with E-state index in [1.54, 1.807) is 25.3 Å². The molecule has 0 bridgehead atoms. The molecule has 0 radical (unpaired) electrons. The van der Waals surface area contributed by atoms with Gasteiger partial charge in [-0.1, -0.05) is 46.3 Å². The van der Waals surface area contributed by atoms with Crippen LogP contribution in [0.25, 0.3) is 0 Å². The Bertz CT molecular complexity index is 1050. The summed E-state index contributed by atoms with van der Waals surface area (Å²) in [6.07, 6.45) is 2.82. The first-order chi connectivity index (χ1) is 13.4. The van der Waals surface area contributed by atoms with Crippen molar-refractivity contribution in [2.75, 3.05) is 5.32 Å². The maximum atomic E-state index is 12.8. The molecule has 1 aliphatic heterocycles. The molecule has 2 aromatic carbocycles. The van der Waals surface area contributed by atoms with Crippen molar-refractivity contribution in [2.45, 2.75) is 25.4 Å². The minimum absolute atomic E-state index is 0.331. The van der Waals surface area contributed by atoms with Crippen molar-refractivity contribution < 1.29 is 14.3 Å². The van der Waals surface area contributed by atoms with E-state index in [0.717, 1.165) is 26.9 Å². The number of cyclic esters (lactones) is 1. The lowest BCUT2D eigenvalue weighted by atomic mass is 9.89. The van der Waals surface area contributed by atoms with E-state index in [0.29, 0.717) is 17.1 Å². The van der Waals surface area contributed by atoms with Gasteiger partial charge in [0.15, 0.2) is 10.7 Å². The highest BCUT2D eigenvalue weighted by atomic mass is 79.9. The maximum absolute atomic E-state index is 12.8. The lowest BCUT2D eigenvalue weighted by molar-refractivity contribution is -0.134. The predicted octanol–water partition coefficient (Wildman–Crippen LogP) is 4.61. The molecule has 0 spiro atoms. The molecule has 5 nitrogen and oxygen atoms in total. The minimum atomic E-state index is -1.26. The Kier molecular flexibility index (Phi) is 5.03. The van der Waals surface area contributed by atoms with Gasteiger partial charge in [0.25, 0.3) is 5.91 Å². The number of rotatable bonds is 4. The maximum Gasteiger partial charge on any atom is 0.339 e. The molecule has 0 saturated carbocycles. The van der Waals surface area contributed by atoms with Crippen molar-refractivity contribution in [3.05, 3.63) is 80.8 Å². The molecule has 4 rings (SSSR count). The summed E-state index contributed by atoms with van der Waals surface area (Å²) >= 11 is 4.84. The van der Waals surface area contributed by atoms with Gasteiger partial charge >= 0.3 is 5.97 Å². The molecule has 2 heterocycles. The van der Waals surface area contributed by atoms with Gasteiger partial charge < -0.3 is 4.74 Å². The molecule has 1 atom stereocenters. The third-order valence-corrected chi connectivity index (χ3v) is 6.07. The summed E-state index contributed by atoms with van der Waals surface area (Å²) in [5.41, 5.74) is 1.22. The van der Waals surface area contributed by atoms with Crippen molar-refractivity contribution in [3.63, 3.8) is 0 Å². The van der Waals surface area contributed by atoms with Gasteiger partial charge in [0.2, 0.25) is 0 Å². The van der Waals surface area contributed by atoms with Gasteiger partial charge in [0.1, 0.15) is 0 Å². The quantitative estimate of drug-likeness (QED) is 0.582. The number of thiazole rings is 1.